The van der Waals surface area contributed by atoms with E-state index in [0.29, 0.717) is 10.0 Å². The van der Waals surface area contributed by atoms with E-state index in [2.05, 4.69) is 10.0 Å². The average molecular weight is 469 g/mol. The Labute approximate surface area is 182 Å². The number of benzene rings is 3. The van der Waals surface area contributed by atoms with Gasteiger partial charge in [0.25, 0.3) is 15.9 Å². The number of carbonyl (C=O) groups is 1. The van der Waals surface area contributed by atoms with Crippen molar-refractivity contribution in [2.75, 3.05) is 16.6 Å². The fourth-order valence-corrected chi connectivity index (χ4v) is 3.94. The Morgan fingerprint density at radius 3 is 2.13 bits per heavy atom. The number of halogens is 3. The van der Waals surface area contributed by atoms with E-state index in [9.17, 15) is 17.6 Å². The summed E-state index contributed by atoms with van der Waals surface area (Å²) in [5.74, 6) is -0.670. The Morgan fingerprint density at radius 2 is 1.53 bits per heavy atom. The summed E-state index contributed by atoms with van der Waals surface area (Å²) in [4.78, 5) is 12.0. The summed E-state index contributed by atoms with van der Waals surface area (Å²) in [6.45, 7) is -0.332. The molecule has 10 heteroatoms. The maximum Gasteiger partial charge on any atom is 0.262 e. The highest BCUT2D eigenvalue weighted by Crippen LogP contribution is 2.29. The smallest absolute Gasteiger partial charge is 0.262 e. The molecule has 1 amide bonds. The van der Waals surface area contributed by atoms with Gasteiger partial charge in [-0.2, -0.15) is 0 Å². The van der Waals surface area contributed by atoms with Gasteiger partial charge in [0.05, 0.1) is 20.6 Å². The normalized spacial score (nSPS) is 11.0. The van der Waals surface area contributed by atoms with Gasteiger partial charge in [-0.3, -0.25) is 9.52 Å². The molecule has 0 aliphatic rings. The first-order valence-corrected chi connectivity index (χ1v) is 10.7. The molecule has 0 spiro atoms. The van der Waals surface area contributed by atoms with E-state index in [1.54, 1.807) is 18.2 Å². The van der Waals surface area contributed by atoms with Crippen LogP contribution in [0.5, 0.6) is 5.75 Å². The Bertz CT molecular complexity index is 1130. The van der Waals surface area contributed by atoms with E-state index < -0.39 is 21.7 Å². The summed E-state index contributed by atoms with van der Waals surface area (Å²) in [6, 6.07) is 15.2. The van der Waals surface area contributed by atoms with Crippen LogP contribution in [-0.2, 0) is 14.8 Å². The minimum absolute atomic E-state index is 0.0218. The molecule has 0 unspecified atom stereocenters. The monoisotopic (exact) mass is 468 g/mol. The van der Waals surface area contributed by atoms with Gasteiger partial charge < -0.3 is 10.1 Å². The van der Waals surface area contributed by atoms with Crippen LogP contribution >= 0.6 is 23.2 Å². The van der Waals surface area contributed by atoms with Gasteiger partial charge in [-0.25, -0.2) is 12.8 Å². The van der Waals surface area contributed by atoms with Gasteiger partial charge in [0.2, 0.25) is 0 Å². The fourth-order valence-electron chi connectivity index (χ4n) is 2.39. The van der Waals surface area contributed by atoms with Crippen molar-refractivity contribution in [2.24, 2.45) is 0 Å². The molecular formula is C20H15Cl2FN2O4S. The lowest BCUT2D eigenvalue weighted by Gasteiger charge is -2.11. The van der Waals surface area contributed by atoms with Crippen LogP contribution in [0.2, 0.25) is 10.0 Å². The molecule has 0 aliphatic heterocycles. The maximum absolute atomic E-state index is 12.9. The number of hydrogen-bond donors (Lipinski definition) is 2. The van der Waals surface area contributed by atoms with E-state index in [0.717, 1.165) is 12.1 Å². The highest BCUT2D eigenvalue weighted by Gasteiger charge is 2.15. The standard InChI is InChI=1S/C20H15Cl2FN2O4S/c21-17-2-1-3-18(22)20(17)24-19(26)12-29-15-8-10-16(11-9-15)30(27,28)25-14-6-4-13(23)5-7-14/h1-11,25H,12H2,(H,24,26). The van der Waals surface area contributed by atoms with Crippen LogP contribution < -0.4 is 14.8 Å². The molecule has 30 heavy (non-hydrogen) atoms. The van der Waals surface area contributed by atoms with Crippen molar-refractivity contribution in [2.45, 2.75) is 4.90 Å². The van der Waals surface area contributed by atoms with Crippen LogP contribution in [0.4, 0.5) is 15.8 Å². The summed E-state index contributed by atoms with van der Waals surface area (Å²) in [5, 5.41) is 3.14. The molecule has 0 fully saturated rings. The zero-order chi connectivity index (χ0) is 21.7. The molecule has 6 nitrogen and oxygen atoms in total. The second-order valence-corrected chi connectivity index (χ2v) is 8.51. The number of para-hydroxylation sites is 1. The molecule has 2 N–H and O–H groups in total. The third kappa shape index (κ3) is 5.63. The Kier molecular flexibility index (Phi) is 6.81. The number of hydrogen-bond acceptors (Lipinski definition) is 4. The first-order valence-electron chi connectivity index (χ1n) is 8.50. The molecule has 0 atom stereocenters. The van der Waals surface area contributed by atoms with Gasteiger partial charge in [-0.05, 0) is 60.7 Å². The number of sulfonamides is 1. The van der Waals surface area contributed by atoms with Crippen LogP contribution in [-0.4, -0.2) is 20.9 Å². The molecule has 0 heterocycles. The van der Waals surface area contributed by atoms with Gasteiger partial charge >= 0.3 is 0 Å². The molecule has 3 aromatic carbocycles. The van der Waals surface area contributed by atoms with Gasteiger partial charge in [-0.15, -0.1) is 0 Å². The van der Waals surface area contributed by atoms with Crippen LogP contribution in [0.3, 0.4) is 0 Å². The van der Waals surface area contributed by atoms with Gasteiger partial charge in [0.1, 0.15) is 11.6 Å². The molecule has 0 aromatic heterocycles. The third-order valence-electron chi connectivity index (χ3n) is 3.83. The number of amides is 1. The van der Waals surface area contributed by atoms with E-state index >= 15 is 0 Å². The number of nitrogens with one attached hydrogen (secondary N) is 2. The third-order valence-corrected chi connectivity index (χ3v) is 5.85. The quantitative estimate of drug-likeness (QED) is 0.513. The molecule has 0 aliphatic carbocycles. The Morgan fingerprint density at radius 1 is 0.933 bits per heavy atom. The van der Waals surface area contributed by atoms with E-state index in [-0.39, 0.29) is 28.6 Å². The average Bonchev–Trinajstić information content (AvgIpc) is 2.71. The topological polar surface area (TPSA) is 84.5 Å². The summed E-state index contributed by atoms with van der Waals surface area (Å²) in [7, 11) is -3.86. The molecular weight excluding hydrogens is 454 g/mol. The lowest BCUT2D eigenvalue weighted by atomic mass is 10.3. The SMILES string of the molecule is O=C(COc1ccc(S(=O)(=O)Nc2ccc(F)cc2)cc1)Nc1c(Cl)cccc1Cl. The summed E-state index contributed by atoms with van der Waals surface area (Å²) in [5.41, 5.74) is 0.509. The van der Waals surface area contributed by atoms with Gasteiger partial charge in [0, 0.05) is 5.69 Å². The van der Waals surface area contributed by atoms with Gasteiger partial charge in [0.15, 0.2) is 6.61 Å². The molecule has 0 bridgehead atoms. The van der Waals surface area contributed by atoms with Crippen LogP contribution in [0.25, 0.3) is 0 Å². The Balaban J connectivity index is 1.60. The second-order valence-electron chi connectivity index (χ2n) is 6.02. The van der Waals surface area contributed by atoms with Crippen molar-refractivity contribution in [3.05, 3.63) is 82.6 Å². The van der Waals surface area contributed by atoms with Crippen LogP contribution in [0.15, 0.2) is 71.6 Å². The summed E-state index contributed by atoms with van der Waals surface area (Å²) >= 11 is 12.0. The number of rotatable bonds is 7. The zero-order valence-corrected chi connectivity index (χ0v) is 17.6. The lowest BCUT2D eigenvalue weighted by molar-refractivity contribution is -0.118. The molecule has 156 valence electrons. The molecule has 0 saturated carbocycles. The summed E-state index contributed by atoms with van der Waals surface area (Å²) < 4.78 is 45.4. The van der Waals surface area contributed by atoms with Crippen molar-refractivity contribution >= 4 is 50.5 Å². The number of ether oxygens (including phenoxy) is 1. The highest BCUT2D eigenvalue weighted by atomic mass is 35.5. The van der Waals surface area contributed by atoms with Crippen molar-refractivity contribution in [3.8, 4) is 5.75 Å². The maximum atomic E-state index is 12.9. The van der Waals surface area contributed by atoms with Gasteiger partial charge in [-0.1, -0.05) is 29.3 Å². The highest BCUT2D eigenvalue weighted by molar-refractivity contribution is 7.92. The molecule has 0 radical (unpaired) electrons. The van der Waals surface area contributed by atoms with E-state index in [1.165, 1.54) is 36.4 Å². The molecule has 0 saturated heterocycles. The predicted octanol–water partition coefficient (Wildman–Crippen LogP) is 4.95. The van der Waals surface area contributed by atoms with Crippen molar-refractivity contribution in [3.63, 3.8) is 0 Å². The van der Waals surface area contributed by atoms with Crippen molar-refractivity contribution in [1.82, 2.24) is 0 Å². The van der Waals surface area contributed by atoms with Crippen LogP contribution in [0, 0.1) is 5.82 Å². The Hall–Kier alpha value is -2.81. The predicted molar refractivity (Wildman–Crippen MR) is 114 cm³/mol. The minimum Gasteiger partial charge on any atom is -0.484 e. The zero-order valence-electron chi connectivity index (χ0n) is 15.2. The molecule has 3 aromatic rings. The van der Waals surface area contributed by atoms with E-state index in [1.807, 2.05) is 0 Å². The first kappa shape index (κ1) is 21.9. The minimum atomic E-state index is -3.86. The van der Waals surface area contributed by atoms with E-state index in [4.69, 9.17) is 27.9 Å². The number of anilines is 2. The number of carbonyl (C=O) groups excluding carboxylic acids is 1. The molecule has 3 rings (SSSR count). The fraction of sp³-hybridized carbons (Fsp3) is 0.0500. The second kappa shape index (κ2) is 9.34. The van der Waals surface area contributed by atoms with Crippen LogP contribution in [0.1, 0.15) is 0 Å². The summed E-state index contributed by atoms with van der Waals surface area (Å²) in [6.07, 6.45) is 0. The largest absolute Gasteiger partial charge is 0.484 e. The van der Waals surface area contributed by atoms with Crippen molar-refractivity contribution < 1.29 is 22.3 Å². The first-order chi connectivity index (χ1) is 14.2. The van der Waals surface area contributed by atoms with Crippen molar-refractivity contribution in [1.29, 1.82) is 0 Å². The lowest BCUT2D eigenvalue weighted by Crippen LogP contribution is -2.20.